The van der Waals surface area contributed by atoms with Gasteiger partial charge in [-0.2, -0.15) is 13.2 Å². The van der Waals surface area contributed by atoms with Crippen molar-refractivity contribution in [3.8, 4) is 16.2 Å². The molecule has 0 bridgehead atoms. The maximum atomic E-state index is 12.8. The lowest BCUT2D eigenvalue weighted by molar-refractivity contribution is -0.152. The van der Waals surface area contributed by atoms with E-state index in [1.54, 1.807) is 25.1 Å². The number of benzene rings is 2. The average molecular weight is 491 g/mol. The van der Waals surface area contributed by atoms with Gasteiger partial charge in [0.15, 0.2) is 11.4 Å². The van der Waals surface area contributed by atoms with E-state index in [2.05, 4.69) is 0 Å². The van der Waals surface area contributed by atoms with Crippen molar-refractivity contribution in [3.63, 3.8) is 0 Å². The first-order chi connectivity index (χ1) is 15.8. The van der Waals surface area contributed by atoms with Crippen LogP contribution in [-0.4, -0.2) is 22.5 Å². The molecular formula is C26H25F3O4S. The molecule has 1 aromatic heterocycles. The molecule has 0 aliphatic heterocycles. The summed E-state index contributed by atoms with van der Waals surface area (Å²) in [6.07, 6.45) is -3.59. The molecule has 3 aromatic rings. The third-order valence-electron chi connectivity index (χ3n) is 5.47. The van der Waals surface area contributed by atoms with Gasteiger partial charge in [-0.3, -0.25) is 4.79 Å². The van der Waals surface area contributed by atoms with Crippen LogP contribution < -0.4 is 4.74 Å². The summed E-state index contributed by atoms with van der Waals surface area (Å²) in [5, 5.41) is 9.23. The highest BCUT2D eigenvalue weighted by molar-refractivity contribution is 7.15. The molecule has 0 saturated heterocycles. The molecule has 180 valence electrons. The van der Waals surface area contributed by atoms with Gasteiger partial charge in [-0.05, 0) is 87.2 Å². The second-order valence-electron chi connectivity index (χ2n) is 8.61. The van der Waals surface area contributed by atoms with Gasteiger partial charge in [0.2, 0.25) is 0 Å². The molecule has 8 heteroatoms. The second-order valence-corrected chi connectivity index (χ2v) is 9.75. The standard InChI is InChI=1S/C26H25F3O4S/c1-15-13-18(7-11-21(15)33-25(3,4)24(31)32)20(30)10-12-22-16(2)14-23(34-22)17-5-8-19(9-6-17)26(27,28)29/h5-9,11,13-14H,10,12H2,1-4H3,(H,31,32). The zero-order valence-corrected chi connectivity index (χ0v) is 20.1. The monoisotopic (exact) mass is 490 g/mol. The molecule has 0 spiro atoms. The third kappa shape index (κ3) is 5.86. The molecule has 0 unspecified atom stereocenters. The van der Waals surface area contributed by atoms with Gasteiger partial charge in [0.1, 0.15) is 5.75 Å². The first-order valence-electron chi connectivity index (χ1n) is 10.6. The van der Waals surface area contributed by atoms with E-state index in [0.29, 0.717) is 28.9 Å². The van der Waals surface area contributed by atoms with E-state index in [-0.39, 0.29) is 12.2 Å². The fraction of sp³-hybridized carbons (Fsp3) is 0.308. The van der Waals surface area contributed by atoms with Gasteiger partial charge in [-0.25, -0.2) is 4.79 Å². The lowest BCUT2D eigenvalue weighted by Gasteiger charge is -2.22. The molecule has 0 atom stereocenters. The van der Waals surface area contributed by atoms with Crippen LogP contribution in [0.4, 0.5) is 13.2 Å². The second kappa shape index (κ2) is 9.62. The maximum absolute atomic E-state index is 12.8. The van der Waals surface area contributed by atoms with Gasteiger partial charge in [0, 0.05) is 21.7 Å². The Kier molecular flexibility index (Phi) is 7.21. The molecule has 0 saturated carbocycles. The van der Waals surface area contributed by atoms with Crippen molar-refractivity contribution in [2.75, 3.05) is 0 Å². The van der Waals surface area contributed by atoms with Crippen LogP contribution in [0.15, 0.2) is 48.5 Å². The molecule has 3 rings (SSSR count). The van der Waals surface area contributed by atoms with Gasteiger partial charge in [-0.1, -0.05) is 12.1 Å². The topological polar surface area (TPSA) is 63.6 Å². The Morgan fingerprint density at radius 2 is 1.62 bits per heavy atom. The van der Waals surface area contributed by atoms with Crippen LogP contribution in [0.1, 0.15) is 52.2 Å². The lowest BCUT2D eigenvalue weighted by Crippen LogP contribution is -2.38. The van der Waals surface area contributed by atoms with E-state index in [1.165, 1.54) is 37.3 Å². The summed E-state index contributed by atoms with van der Waals surface area (Å²) in [5.41, 5.74) is 0.788. The van der Waals surface area contributed by atoms with Crippen molar-refractivity contribution >= 4 is 23.1 Å². The highest BCUT2D eigenvalue weighted by Crippen LogP contribution is 2.35. The minimum absolute atomic E-state index is 0.0592. The molecule has 0 amide bonds. The zero-order chi connectivity index (χ0) is 25.3. The number of aryl methyl sites for hydroxylation is 3. The number of carbonyl (C=O) groups is 2. The molecule has 2 aromatic carbocycles. The third-order valence-corrected chi connectivity index (χ3v) is 6.82. The molecule has 0 fully saturated rings. The van der Waals surface area contributed by atoms with Gasteiger partial charge >= 0.3 is 12.1 Å². The van der Waals surface area contributed by atoms with Crippen LogP contribution in [0, 0.1) is 13.8 Å². The summed E-state index contributed by atoms with van der Waals surface area (Å²) in [7, 11) is 0. The van der Waals surface area contributed by atoms with Crippen molar-refractivity contribution in [3.05, 3.63) is 75.7 Å². The number of carboxylic acids is 1. The Balaban J connectivity index is 1.68. The quantitative estimate of drug-likeness (QED) is 0.342. The number of hydrogen-bond acceptors (Lipinski definition) is 4. The minimum atomic E-state index is -4.37. The molecule has 1 N–H and O–H groups in total. The largest absolute Gasteiger partial charge is 0.478 e. The summed E-state index contributed by atoms with van der Waals surface area (Å²) in [4.78, 5) is 25.9. The number of halogens is 3. The van der Waals surface area contributed by atoms with Crippen LogP contribution in [-0.2, 0) is 17.4 Å². The number of ketones is 1. The number of aliphatic carboxylic acids is 1. The lowest BCUT2D eigenvalue weighted by atomic mass is 10.0. The summed E-state index contributed by atoms with van der Waals surface area (Å²) in [6, 6.07) is 11.9. The Labute approximate surface area is 200 Å². The number of carbonyl (C=O) groups excluding carboxylic acids is 1. The molecular weight excluding hydrogens is 465 g/mol. The zero-order valence-electron chi connectivity index (χ0n) is 19.2. The number of ether oxygens (including phenoxy) is 1. The molecule has 0 radical (unpaired) electrons. The maximum Gasteiger partial charge on any atom is 0.416 e. The normalized spacial score (nSPS) is 12.0. The number of hydrogen-bond donors (Lipinski definition) is 1. The predicted molar refractivity (Wildman–Crippen MR) is 126 cm³/mol. The Morgan fingerprint density at radius 1 is 0.971 bits per heavy atom. The van der Waals surface area contributed by atoms with Crippen molar-refractivity contribution < 1.29 is 32.6 Å². The van der Waals surface area contributed by atoms with E-state index < -0.39 is 23.3 Å². The van der Waals surface area contributed by atoms with Gasteiger partial charge < -0.3 is 9.84 Å². The van der Waals surface area contributed by atoms with Crippen molar-refractivity contribution in [1.82, 2.24) is 0 Å². The Hall–Kier alpha value is -3.13. The first kappa shape index (κ1) is 25.5. The van der Waals surface area contributed by atoms with E-state index >= 15 is 0 Å². The number of alkyl halides is 3. The summed E-state index contributed by atoms with van der Waals surface area (Å²) < 4.78 is 44.0. The SMILES string of the molecule is Cc1cc(C(=O)CCc2sc(-c3ccc(C(F)(F)F)cc3)cc2C)ccc1OC(C)(C)C(=O)O. The summed E-state index contributed by atoms with van der Waals surface area (Å²) >= 11 is 1.47. The number of thiophene rings is 1. The number of carboxylic acid groups (broad SMARTS) is 1. The van der Waals surface area contributed by atoms with Crippen LogP contribution in [0.25, 0.3) is 10.4 Å². The van der Waals surface area contributed by atoms with Gasteiger partial charge in [-0.15, -0.1) is 11.3 Å². The molecule has 4 nitrogen and oxygen atoms in total. The van der Waals surface area contributed by atoms with Crippen molar-refractivity contribution in [1.29, 1.82) is 0 Å². The molecule has 0 aliphatic carbocycles. The molecule has 34 heavy (non-hydrogen) atoms. The van der Waals surface area contributed by atoms with E-state index in [9.17, 15) is 27.9 Å². The van der Waals surface area contributed by atoms with Crippen molar-refractivity contribution in [2.24, 2.45) is 0 Å². The van der Waals surface area contributed by atoms with Crippen molar-refractivity contribution in [2.45, 2.75) is 52.3 Å². The molecule has 1 heterocycles. The molecule has 0 aliphatic rings. The van der Waals surface area contributed by atoms with Gasteiger partial charge in [0.05, 0.1) is 5.56 Å². The van der Waals surface area contributed by atoms with E-state index in [4.69, 9.17) is 4.74 Å². The van der Waals surface area contributed by atoms with Crippen LogP contribution >= 0.6 is 11.3 Å². The van der Waals surface area contributed by atoms with E-state index in [0.717, 1.165) is 27.5 Å². The number of Topliss-reactive ketones (excluding diaryl/α,β-unsaturated/α-hetero) is 1. The fourth-order valence-corrected chi connectivity index (χ4v) is 4.54. The summed E-state index contributed by atoms with van der Waals surface area (Å²) in [5.74, 6) is -0.746. The van der Waals surface area contributed by atoms with Crippen LogP contribution in [0.5, 0.6) is 5.75 Å². The Morgan fingerprint density at radius 3 is 2.18 bits per heavy atom. The summed E-state index contributed by atoms with van der Waals surface area (Å²) in [6.45, 7) is 6.58. The fourth-order valence-electron chi connectivity index (χ4n) is 3.36. The van der Waals surface area contributed by atoms with Gasteiger partial charge in [0.25, 0.3) is 0 Å². The predicted octanol–water partition coefficient (Wildman–Crippen LogP) is 7.11. The number of rotatable bonds is 8. The average Bonchev–Trinajstić information content (AvgIpc) is 3.13. The Bertz CT molecular complexity index is 1210. The van der Waals surface area contributed by atoms with Crippen LogP contribution in [0.3, 0.4) is 0 Å². The highest BCUT2D eigenvalue weighted by Gasteiger charge is 2.31. The smallest absolute Gasteiger partial charge is 0.416 e. The van der Waals surface area contributed by atoms with E-state index in [1.807, 2.05) is 13.0 Å². The first-order valence-corrected chi connectivity index (χ1v) is 11.4. The highest BCUT2D eigenvalue weighted by atomic mass is 32.1. The minimum Gasteiger partial charge on any atom is -0.478 e. The van der Waals surface area contributed by atoms with Crippen LogP contribution in [0.2, 0.25) is 0 Å².